The third-order valence-corrected chi connectivity index (χ3v) is 2.56. The summed E-state index contributed by atoms with van der Waals surface area (Å²) < 4.78 is 14.7. The summed E-state index contributed by atoms with van der Waals surface area (Å²) in [5.41, 5.74) is 0.545. The number of halogens is 1. The Morgan fingerprint density at radius 3 is 3.00 bits per heavy atom. The SMILES string of the molecule is Cn1cnc(CCNCc2cccc(F)c2O)n1. The number of para-hydroxylation sites is 1. The molecule has 0 aliphatic carbocycles. The molecule has 0 atom stereocenters. The van der Waals surface area contributed by atoms with E-state index in [4.69, 9.17) is 0 Å². The van der Waals surface area contributed by atoms with Gasteiger partial charge in [-0.1, -0.05) is 12.1 Å². The first kappa shape index (κ1) is 12.5. The van der Waals surface area contributed by atoms with Crippen LogP contribution in [0.25, 0.3) is 0 Å². The van der Waals surface area contributed by atoms with Crippen LogP contribution in [0.5, 0.6) is 5.75 Å². The summed E-state index contributed by atoms with van der Waals surface area (Å²) in [6.45, 7) is 1.08. The maximum absolute atomic E-state index is 13.1. The number of rotatable bonds is 5. The van der Waals surface area contributed by atoms with E-state index in [0.717, 1.165) is 5.82 Å². The number of benzene rings is 1. The van der Waals surface area contributed by atoms with Gasteiger partial charge in [0.2, 0.25) is 0 Å². The number of hydrogen-bond donors (Lipinski definition) is 2. The lowest BCUT2D eigenvalue weighted by Crippen LogP contribution is -2.17. The number of aromatic hydroxyl groups is 1. The molecule has 0 saturated heterocycles. The molecular weight excluding hydrogens is 235 g/mol. The quantitative estimate of drug-likeness (QED) is 0.777. The van der Waals surface area contributed by atoms with Crippen molar-refractivity contribution < 1.29 is 9.50 Å². The van der Waals surface area contributed by atoms with E-state index in [-0.39, 0.29) is 5.75 Å². The molecule has 0 aliphatic heterocycles. The molecular formula is C12H15FN4O. The zero-order valence-corrected chi connectivity index (χ0v) is 10.1. The Morgan fingerprint density at radius 2 is 2.28 bits per heavy atom. The lowest BCUT2D eigenvalue weighted by atomic mass is 10.2. The molecule has 0 amide bonds. The fourth-order valence-corrected chi connectivity index (χ4v) is 1.62. The van der Waals surface area contributed by atoms with Gasteiger partial charge in [0.05, 0.1) is 0 Å². The van der Waals surface area contributed by atoms with Gasteiger partial charge in [0.15, 0.2) is 17.4 Å². The van der Waals surface area contributed by atoms with E-state index in [0.29, 0.717) is 25.1 Å². The third kappa shape index (κ3) is 3.04. The number of phenols is 1. The van der Waals surface area contributed by atoms with Crippen LogP contribution < -0.4 is 5.32 Å². The number of aromatic nitrogens is 3. The van der Waals surface area contributed by atoms with E-state index in [1.54, 1.807) is 23.1 Å². The second-order valence-corrected chi connectivity index (χ2v) is 4.01. The van der Waals surface area contributed by atoms with Crippen LogP contribution in [0.4, 0.5) is 4.39 Å². The van der Waals surface area contributed by atoms with Gasteiger partial charge in [0.25, 0.3) is 0 Å². The van der Waals surface area contributed by atoms with Crippen molar-refractivity contribution in [3.05, 3.63) is 41.7 Å². The van der Waals surface area contributed by atoms with Crippen LogP contribution in [0.3, 0.4) is 0 Å². The molecule has 2 aromatic rings. The van der Waals surface area contributed by atoms with Crippen LogP contribution in [-0.2, 0) is 20.0 Å². The van der Waals surface area contributed by atoms with Gasteiger partial charge >= 0.3 is 0 Å². The average molecular weight is 250 g/mol. The molecule has 0 aliphatic rings. The second kappa shape index (κ2) is 5.59. The van der Waals surface area contributed by atoms with Crippen molar-refractivity contribution >= 4 is 0 Å². The maximum Gasteiger partial charge on any atom is 0.165 e. The minimum atomic E-state index is -0.597. The maximum atomic E-state index is 13.1. The Balaban J connectivity index is 1.80. The second-order valence-electron chi connectivity index (χ2n) is 4.01. The molecule has 18 heavy (non-hydrogen) atoms. The van der Waals surface area contributed by atoms with Gasteiger partial charge in [0.1, 0.15) is 6.33 Å². The Kier molecular flexibility index (Phi) is 3.88. The summed E-state index contributed by atoms with van der Waals surface area (Å²) in [7, 11) is 1.81. The van der Waals surface area contributed by atoms with Crippen molar-refractivity contribution in [3.63, 3.8) is 0 Å². The Hall–Kier alpha value is -1.95. The highest BCUT2D eigenvalue weighted by Gasteiger charge is 2.05. The standard InChI is InChI=1S/C12H15FN4O/c1-17-8-15-11(16-17)5-6-14-7-9-3-2-4-10(13)12(9)18/h2-4,8,14,18H,5-7H2,1H3. The van der Waals surface area contributed by atoms with E-state index in [2.05, 4.69) is 15.4 Å². The largest absolute Gasteiger partial charge is 0.505 e. The van der Waals surface area contributed by atoms with Gasteiger partial charge in [-0.3, -0.25) is 4.68 Å². The van der Waals surface area contributed by atoms with E-state index >= 15 is 0 Å². The molecule has 0 radical (unpaired) electrons. The van der Waals surface area contributed by atoms with Crippen LogP contribution in [0.1, 0.15) is 11.4 Å². The summed E-state index contributed by atoms with van der Waals surface area (Å²) in [6, 6.07) is 4.49. The summed E-state index contributed by atoms with van der Waals surface area (Å²) in [5, 5.41) is 16.7. The lowest BCUT2D eigenvalue weighted by molar-refractivity contribution is 0.423. The predicted molar refractivity (Wildman–Crippen MR) is 64.5 cm³/mol. The minimum absolute atomic E-state index is 0.291. The fraction of sp³-hybridized carbons (Fsp3) is 0.333. The lowest BCUT2D eigenvalue weighted by Gasteiger charge is -2.06. The summed E-state index contributed by atoms with van der Waals surface area (Å²) >= 11 is 0. The Morgan fingerprint density at radius 1 is 1.44 bits per heavy atom. The molecule has 1 aromatic carbocycles. The van der Waals surface area contributed by atoms with Crippen LogP contribution in [0.2, 0.25) is 0 Å². The summed E-state index contributed by atoms with van der Waals surface area (Å²) in [4.78, 5) is 4.09. The first-order valence-electron chi connectivity index (χ1n) is 5.68. The van der Waals surface area contributed by atoms with Gasteiger partial charge in [0, 0.05) is 32.1 Å². The molecule has 0 saturated carbocycles. The number of phenolic OH excluding ortho intramolecular Hbond substituents is 1. The number of hydrogen-bond acceptors (Lipinski definition) is 4. The molecule has 2 N–H and O–H groups in total. The molecule has 0 bridgehead atoms. The number of nitrogens with zero attached hydrogens (tertiary/aromatic N) is 3. The van der Waals surface area contributed by atoms with Crippen molar-refractivity contribution in [2.45, 2.75) is 13.0 Å². The van der Waals surface area contributed by atoms with Crippen molar-refractivity contribution in [3.8, 4) is 5.75 Å². The topological polar surface area (TPSA) is 63.0 Å². The van der Waals surface area contributed by atoms with Gasteiger partial charge in [-0.15, -0.1) is 0 Å². The molecule has 2 rings (SSSR count). The highest BCUT2D eigenvalue weighted by molar-refractivity contribution is 5.33. The van der Waals surface area contributed by atoms with Crippen molar-refractivity contribution in [2.24, 2.45) is 7.05 Å². The molecule has 0 unspecified atom stereocenters. The highest BCUT2D eigenvalue weighted by atomic mass is 19.1. The Labute approximate surface area is 104 Å². The van der Waals surface area contributed by atoms with E-state index in [1.165, 1.54) is 6.07 Å². The minimum Gasteiger partial charge on any atom is -0.505 e. The van der Waals surface area contributed by atoms with Crippen LogP contribution >= 0.6 is 0 Å². The van der Waals surface area contributed by atoms with Gasteiger partial charge < -0.3 is 10.4 Å². The summed E-state index contributed by atoms with van der Waals surface area (Å²) in [5.74, 6) is -0.130. The summed E-state index contributed by atoms with van der Waals surface area (Å²) in [6.07, 6.45) is 2.34. The van der Waals surface area contributed by atoms with Gasteiger partial charge in [-0.25, -0.2) is 9.37 Å². The zero-order chi connectivity index (χ0) is 13.0. The molecule has 96 valence electrons. The van der Waals surface area contributed by atoms with Crippen LogP contribution in [0, 0.1) is 5.82 Å². The van der Waals surface area contributed by atoms with Gasteiger partial charge in [-0.05, 0) is 6.07 Å². The first-order valence-corrected chi connectivity index (χ1v) is 5.68. The molecule has 0 fully saturated rings. The van der Waals surface area contributed by atoms with Crippen molar-refractivity contribution in [1.82, 2.24) is 20.1 Å². The third-order valence-electron chi connectivity index (χ3n) is 2.56. The van der Waals surface area contributed by atoms with E-state index < -0.39 is 5.82 Å². The predicted octanol–water partition coefficient (Wildman–Crippen LogP) is 0.992. The molecule has 1 heterocycles. The van der Waals surface area contributed by atoms with Crippen molar-refractivity contribution in [1.29, 1.82) is 0 Å². The zero-order valence-electron chi connectivity index (χ0n) is 10.1. The highest BCUT2D eigenvalue weighted by Crippen LogP contribution is 2.20. The fourth-order valence-electron chi connectivity index (χ4n) is 1.62. The van der Waals surface area contributed by atoms with Crippen molar-refractivity contribution in [2.75, 3.05) is 6.54 Å². The Bertz CT molecular complexity index is 527. The average Bonchev–Trinajstić information content (AvgIpc) is 2.76. The molecule has 6 heteroatoms. The molecule has 1 aromatic heterocycles. The number of nitrogens with one attached hydrogen (secondary N) is 1. The van der Waals surface area contributed by atoms with E-state index in [1.807, 2.05) is 7.05 Å². The number of aryl methyl sites for hydroxylation is 1. The molecule has 0 spiro atoms. The monoisotopic (exact) mass is 250 g/mol. The first-order chi connectivity index (χ1) is 8.66. The normalized spacial score (nSPS) is 10.8. The molecule has 5 nitrogen and oxygen atoms in total. The van der Waals surface area contributed by atoms with Gasteiger partial charge in [-0.2, -0.15) is 5.10 Å². The smallest absolute Gasteiger partial charge is 0.165 e. The van der Waals surface area contributed by atoms with E-state index in [9.17, 15) is 9.50 Å². The van der Waals surface area contributed by atoms with Crippen LogP contribution in [0.15, 0.2) is 24.5 Å². The van der Waals surface area contributed by atoms with Crippen LogP contribution in [-0.4, -0.2) is 26.4 Å².